The van der Waals surface area contributed by atoms with Crippen LogP contribution in [0.15, 0.2) is 24.3 Å². The van der Waals surface area contributed by atoms with Crippen molar-refractivity contribution in [3.8, 4) is 0 Å². The van der Waals surface area contributed by atoms with Gasteiger partial charge in [-0.2, -0.15) is 0 Å². The molecule has 1 aromatic carbocycles. The number of aryl methyl sites for hydroxylation is 1. The number of rotatable bonds is 7. The summed E-state index contributed by atoms with van der Waals surface area (Å²) in [7, 11) is 0. The molecule has 1 rings (SSSR count). The number of hydrogen-bond acceptors (Lipinski definition) is 3. The average molecular weight is 292 g/mol. The van der Waals surface area contributed by atoms with Gasteiger partial charge in [-0.05, 0) is 64.8 Å². The molecule has 1 aromatic rings. The summed E-state index contributed by atoms with van der Waals surface area (Å²) in [6, 6.07) is 8.45. The Morgan fingerprint density at radius 3 is 2.52 bits per heavy atom. The molecule has 0 unspecified atom stereocenters. The van der Waals surface area contributed by atoms with Gasteiger partial charge in [-0.3, -0.25) is 0 Å². The van der Waals surface area contributed by atoms with Crippen LogP contribution in [-0.4, -0.2) is 31.3 Å². The van der Waals surface area contributed by atoms with Crippen LogP contribution in [0.3, 0.4) is 0 Å². The van der Waals surface area contributed by atoms with Crippen molar-refractivity contribution >= 4 is 6.09 Å². The first-order valence-electron chi connectivity index (χ1n) is 7.60. The van der Waals surface area contributed by atoms with Gasteiger partial charge in [0.15, 0.2) is 0 Å². The highest BCUT2D eigenvalue weighted by molar-refractivity contribution is 5.67. The van der Waals surface area contributed by atoms with E-state index in [-0.39, 0.29) is 6.09 Å². The number of benzene rings is 1. The number of carbonyl (C=O) groups excluding carboxylic acids is 1. The fourth-order valence-corrected chi connectivity index (χ4v) is 1.96. The third-order valence-corrected chi connectivity index (χ3v) is 3.03. The Hall–Kier alpha value is -1.55. The van der Waals surface area contributed by atoms with E-state index in [1.54, 1.807) is 0 Å². The van der Waals surface area contributed by atoms with Gasteiger partial charge in [0.25, 0.3) is 0 Å². The molecule has 0 heterocycles. The SMILES string of the molecule is Cc1ccccc1CCNCCCNC(=O)OC(C)(C)C. The molecule has 2 N–H and O–H groups in total. The predicted molar refractivity (Wildman–Crippen MR) is 86.6 cm³/mol. The van der Waals surface area contributed by atoms with Crippen LogP contribution in [0.25, 0.3) is 0 Å². The number of amides is 1. The molecule has 118 valence electrons. The van der Waals surface area contributed by atoms with Crippen molar-refractivity contribution in [2.75, 3.05) is 19.6 Å². The van der Waals surface area contributed by atoms with Crippen LogP contribution in [0.5, 0.6) is 0 Å². The van der Waals surface area contributed by atoms with E-state index in [1.807, 2.05) is 20.8 Å². The molecule has 0 aromatic heterocycles. The smallest absolute Gasteiger partial charge is 0.407 e. The molecule has 0 radical (unpaired) electrons. The first-order valence-corrected chi connectivity index (χ1v) is 7.60. The van der Waals surface area contributed by atoms with Crippen LogP contribution < -0.4 is 10.6 Å². The second kappa shape index (κ2) is 8.67. The molecule has 0 atom stereocenters. The third kappa shape index (κ3) is 8.35. The van der Waals surface area contributed by atoms with Gasteiger partial charge in [-0.15, -0.1) is 0 Å². The molecule has 0 spiro atoms. The van der Waals surface area contributed by atoms with Crippen molar-refractivity contribution in [3.05, 3.63) is 35.4 Å². The van der Waals surface area contributed by atoms with E-state index in [9.17, 15) is 4.79 Å². The first kappa shape index (κ1) is 17.5. The van der Waals surface area contributed by atoms with Crippen molar-refractivity contribution < 1.29 is 9.53 Å². The van der Waals surface area contributed by atoms with Gasteiger partial charge >= 0.3 is 6.09 Å². The van der Waals surface area contributed by atoms with Gasteiger partial charge in [0.2, 0.25) is 0 Å². The summed E-state index contributed by atoms with van der Waals surface area (Å²) in [5.41, 5.74) is 2.29. The van der Waals surface area contributed by atoms with E-state index in [0.717, 1.165) is 25.9 Å². The van der Waals surface area contributed by atoms with E-state index in [4.69, 9.17) is 4.74 Å². The van der Waals surface area contributed by atoms with E-state index in [2.05, 4.69) is 41.8 Å². The summed E-state index contributed by atoms with van der Waals surface area (Å²) in [6.07, 6.45) is 1.58. The van der Waals surface area contributed by atoms with Gasteiger partial charge in [0.1, 0.15) is 5.60 Å². The number of alkyl carbamates (subject to hydrolysis) is 1. The Kier molecular flexibility index (Phi) is 7.23. The highest BCUT2D eigenvalue weighted by Gasteiger charge is 2.15. The van der Waals surface area contributed by atoms with E-state index in [0.29, 0.717) is 6.54 Å². The molecule has 0 aliphatic carbocycles. The lowest BCUT2D eigenvalue weighted by Gasteiger charge is -2.19. The van der Waals surface area contributed by atoms with Crippen LogP contribution in [0.1, 0.15) is 38.3 Å². The second-order valence-electron chi connectivity index (χ2n) is 6.21. The maximum atomic E-state index is 11.4. The summed E-state index contributed by atoms with van der Waals surface area (Å²) in [5.74, 6) is 0. The molecular weight excluding hydrogens is 264 g/mol. The lowest BCUT2D eigenvalue weighted by atomic mass is 10.1. The number of hydrogen-bond donors (Lipinski definition) is 2. The van der Waals surface area contributed by atoms with E-state index < -0.39 is 5.60 Å². The van der Waals surface area contributed by atoms with Crippen LogP contribution in [-0.2, 0) is 11.2 Å². The largest absolute Gasteiger partial charge is 0.444 e. The molecule has 0 fully saturated rings. The Morgan fingerprint density at radius 1 is 1.14 bits per heavy atom. The second-order valence-corrected chi connectivity index (χ2v) is 6.21. The highest BCUT2D eigenvalue weighted by atomic mass is 16.6. The van der Waals surface area contributed by atoms with E-state index in [1.165, 1.54) is 11.1 Å². The average Bonchev–Trinajstić information content (AvgIpc) is 2.37. The van der Waals surface area contributed by atoms with Crippen molar-refractivity contribution in [2.24, 2.45) is 0 Å². The molecule has 4 heteroatoms. The summed E-state index contributed by atoms with van der Waals surface area (Å²) in [4.78, 5) is 11.4. The monoisotopic (exact) mass is 292 g/mol. The molecular formula is C17H28N2O2. The Balaban J connectivity index is 2.03. The van der Waals surface area contributed by atoms with Gasteiger partial charge in [0, 0.05) is 6.54 Å². The zero-order valence-corrected chi connectivity index (χ0v) is 13.7. The van der Waals surface area contributed by atoms with Crippen LogP contribution in [0, 0.1) is 6.92 Å². The minimum atomic E-state index is -0.435. The maximum absolute atomic E-state index is 11.4. The van der Waals surface area contributed by atoms with Crippen molar-refractivity contribution in [3.63, 3.8) is 0 Å². The quantitative estimate of drug-likeness (QED) is 0.759. The van der Waals surface area contributed by atoms with Crippen molar-refractivity contribution in [1.82, 2.24) is 10.6 Å². The molecule has 0 aliphatic rings. The number of nitrogens with one attached hydrogen (secondary N) is 2. The zero-order chi connectivity index (χ0) is 15.7. The van der Waals surface area contributed by atoms with Crippen molar-refractivity contribution in [1.29, 1.82) is 0 Å². The predicted octanol–water partition coefficient (Wildman–Crippen LogP) is 3.04. The maximum Gasteiger partial charge on any atom is 0.407 e. The Bertz CT molecular complexity index is 439. The van der Waals surface area contributed by atoms with Crippen molar-refractivity contribution in [2.45, 2.75) is 46.1 Å². The van der Waals surface area contributed by atoms with E-state index >= 15 is 0 Å². The molecule has 0 aliphatic heterocycles. The highest BCUT2D eigenvalue weighted by Crippen LogP contribution is 2.07. The zero-order valence-electron chi connectivity index (χ0n) is 13.7. The molecule has 4 nitrogen and oxygen atoms in total. The fourth-order valence-electron chi connectivity index (χ4n) is 1.96. The summed E-state index contributed by atoms with van der Waals surface area (Å²) < 4.78 is 5.17. The van der Waals surface area contributed by atoms with Gasteiger partial charge in [0.05, 0.1) is 0 Å². The molecule has 0 bridgehead atoms. The molecule has 0 saturated heterocycles. The Morgan fingerprint density at radius 2 is 1.86 bits per heavy atom. The minimum absolute atomic E-state index is 0.345. The summed E-state index contributed by atoms with van der Waals surface area (Å²) in [5, 5.41) is 6.15. The normalized spacial score (nSPS) is 11.2. The number of carbonyl (C=O) groups is 1. The molecule has 0 saturated carbocycles. The lowest BCUT2D eigenvalue weighted by molar-refractivity contribution is 0.0527. The standard InChI is InChI=1S/C17H28N2O2/c1-14-8-5-6-9-15(14)10-13-18-11-7-12-19-16(20)21-17(2,3)4/h5-6,8-9,18H,7,10-13H2,1-4H3,(H,19,20). The lowest BCUT2D eigenvalue weighted by Crippen LogP contribution is -2.34. The minimum Gasteiger partial charge on any atom is -0.444 e. The third-order valence-electron chi connectivity index (χ3n) is 3.03. The van der Waals surface area contributed by atoms with Gasteiger partial charge < -0.3 is 15.4 Å². The molecule has 21 heavy (non-hydrogen) atoms. The molecule has 1 amide bonds. The van der Waals surface area contributed by atoms with Gasteiger partial charge in [-0.25, -0.2) is 4.79 Å². The summed E-state index contributed by atoms with van der Waals surface area (Å²) in [6.45, 7) is 10.2. The Labute approximate surface area is 128 Å². The number of ether oxygens (including phenoxy) is 1. The summed E-state index contributed by atoms with van der Waals surface area (Å²) >= 11 is 0. The topological polar surface area (TPSA) is 50.4 Å². The first-order chi connectivity index (χ1) is 9.88. The van der Waals surface area contributed by atoms with Crippen LogP contribution in [0.4, 0.5) is 4.79 Å². The van der Waals surface area contributed by atoms with Crippen LogP contribution in [0.2, 0.25) is 0 Å². The fraction of sp³-hybridized carbons (Fsp3) is 0.588. The van der Waals surface area contributed by atoms with Crippen LogP contribution >= 0.6 is 0 Å². The van der Waals surface area contributed by atoms with Gasteiger partial charge in [-0.1, -0.05) is 24.3 Å².